The topological polar surface area (TPSA) is 83.8 Å². The zero-order valence-corrected chi connectivity index (χ0v) is 10.7. The van der Waals surface area contributed by atoms with Crippen LogP contribution in [0.5, 0.6) is 0 Å². The Bertz CT molecular complexity index is 368. The molecular formula is C13H22N4O. The quantitative estimate of drug-likeness (QED) is 0.685. The maximum Gasteiger partial charge on any atom is 0.240 e. The molecule has 0 aliphatic heterocycles. The van der Waals surface area contributed by atoms with Gasteiger partial charge in [-0.15, -0.1) is 0 Å². The van der Waals surface area contributed by atoms with Gasteiger partial charge in [-0.3, -0.25) is 4.79 Å². The van der Waals surface area contributed by atoms with Gasteiger partial charge in [0.25, 0.3) is 0 Å². The molecule has 1 aliphatic carbocycles. The summed E-state index contributed by atoms with van der Waals surface area (Å²) in [5.74, 6) is 0.978. The second-order valence-electron chi connectivity index (χ2n) is 5.11. The van der Waals surface area contributed by atoms with Crippen molar-refractivity contribution in [2.24, 2.45) is 5.73 Å². The van der Waals surface area contributed by atoms with Crippen molar-refractivity contribution in [3.05, 3.63) is 18.2 Å². The number of aromatic amines is 1. The highest BCUT2D eigenvalue weighted by Crippen LogP contribution is 2.25. The first kappa shape index (κ1) is 13.1. The number of carbonyl (C=O) groups excluding carboxylic acids is 1. The average molecular weight is 250 g/mol. The molecule has 1 fully saturated rings. The van der Waals surface area contributed by atoms with E-state index < -0.39 is 5.54 Å². The Morgan fingerprint density at radius 2 is 2.22 bits per heavy atom. The van der Waals surface area contributed by atoms with Crippen LogP contribution in [0, 0.1) is 0 Å². The van der Waals surface area contributed by atoms with Gasteiger partial charge in [0.1, 0.15) is 5.82 Å². The molecule has 1 amide bonds. The molecule has 1 heterocycles. The van der Waals surface area contributed by atoms with Crippen LogP contribution in [0.4, 0.5) is 0 Å². The maximum absolute atomic E-state index is 12.0. The predicted octanol–water partition coefficient (Wildman–Crippen LogP) is 1.12. The summed E-state index contributed by atoms with van der Waals surface area (Å²) in [4.78, 5) is 19.2. The number of rotatable bonds is 5. The molecule has 100 valence electrons. The number of nitrogens with one attached hydrogen (secondary N) is 2. The molecule has 4 N–H and O–H groups in total. The highest BCUT2D eigenvalue weighted by Gasteiger charge is 2.34. The Balaban J connectivity index is 1.68. The molecule has 5 heteroatoms. The highest BCUT2D eigenvalue weighted by molar-refractivity contribution is 5.86. The Hall–Kier alpha value is -1.36. The highest BCUT2D eigenvalue weighted by atomic mass is 16.2. The lowest BCUT2D eigenvalue weighted by molar-refractivity contribution is -0.127. The summed E-state index contributed by atoms with van der Waals surface area (Å²) in [6.07, 6.45) is 10.3. The molecule has 0 saturated heterocycles. The molecule has 0 atom stereocenters. The molecule has 18 heavy (non-hydrogen) atoms. The van der Waals surface area contributed by atoms with E-state index >= 15 is 0 Å². The molecule has 0 spiro atoms. The Kier molecular flexibility index (Phi) is 4.36. The van der Waals surface area contributed by atoms with Gasteiger partial charge < -0.3 is 16.0 Å². The first-order valence-electron chi connectivity index (χ1n) is 6.76. The Morgan fingerprint density at radius 1 is 1.44 bits per heavy atom. The lowest BCUT2D eigenvalue weighted by atomic mass is 9.82. The number of nitrogens with two attached hydrogens (primary N) is 1. The van der Waals surface area contributed by atoms with Gasteiger partial charge in [0.15, 0.2) is 0 Å². The van der Waals surface area contributed by atoms with Crippen molar-refractivity contribution in [3.63, 3.8) is 0 Å². The van der Waals surface area contributed by atoms with E-state index in [1.165, 1.54) is 6.42 Å². The first-order chi connectivity index (χ1) is 8.71. The summed E-state index contributed by atoms with van der Waals surface area (Å²) in [5.41, 5.74) is 5.53. The minimum atomic E-state index is -0.622. The number of aryl methyl sites for hydroxylation is 1. The maximum atomic E-state index is 12.0. The van der Waals surface area contributed by atoms with E-state index in [-0.39, 0.29) is 5.91 Å². The van der Waals surface area contributed by atoms with E-state index in [2.05, 4.69) is 15.3 Å². The lowest BCUT2D eigenvalue weighted by Gasteiger charge is -2.31. The van der Waals surface area contributed by atoms with E-state index in [9.17, 15) is 4.79 Å². The largest absolute Gasteiger partial charge is 0.354 e. The number of carbonyl (C=O) groups is 1. The van der Waals surface area contributed by atoms with Gasteiger partial charge in [0.2, 0.25) is 5.91 Å². The summed E-state index contributed by atoms with van der Waals surface area (Å²) < 4.78 is 0. The van der Waals surface area contributed by atoms with Gasteiger partial charge in [-0.2, -0.15) is 0 Å². The Morgan fingerprint density at radius 3 is 2.89 bits per heavy atom. The van der Waals surface area contributed by atoms with E-state index in [0.717, 1.165) is 44.3 Å². The zero-order valence-electron chi connectivity index (χ0n) is 10.7. The molecule has 0 radical (unpaired) electrons. The molecule has 5 nitrogen and oxygen atoms in total. The monoisotopic (exact) mass is 250 g/mol. The van der Waals surface area contributed by atoms with Crippen LogP contribution in [0.3, 0.4) is 0 Å². The van der Waals surface area contributed by atoms with E-state index in [1.54, 1.807) is 6.20 Å². The number of hydrogen-bond donors (Lipinski definition) is 3. The predicted molar refractivity (Wildman–Crippen MR) is 69.9 cm³/mol. The van der Waals surface area contributed by atoms with Crippen molar-refractivity contribution in [1.82, 2.24) is 15.3 Å². The summed E-state index contributed by atoms with van der Waals surface area (Å²) in [7, 11) is 0. The third-order valence-electron chi connectivity index (χ3n) is 3.63. The second-order valence-corrected chi connectivity index (χ2v) is 5.11. The van der Waals surface area contributed by atoms with Gasteiger partial charge in [0.05, 0.1) is 5.54 Å². The summed E-state index contributed by atoms with van der Waals surface area (Å²) >= 11 is 0. The van der Waals surface area contributed by atoms with Gasteiger partial charge in [-0.05, 0) is 19.3 Å². The van der Waals surface area contributed by atoms with Crippen LogP contribution >= 0.6 is 0 Å². The minimum Gasteiger partial charge on any atom is -0.354 e. The van der Waals surface area contributed by atoms with Gasteiger partial charge >= 0.3 is 0 Å². The van der Waals surface area contributed by atoms with Crippen LogP contribution in [0.1, 0.15) is 44.3 Å². The SMILES string of the molecule is NC1(C(=O)NCCCc2ncc[nH]2)CCCCC1. The van der Waals surface area contributed by atoms with Crippen molar-refractivity contribution < 1.29 is 4.79 Å². The van der Waals surface area contributed by atoms with E-state index in [1.807, 2.05) is 6.20 Å². The van der Waals surface area contributed by atoms with Crippen molar-refractivity contribution in [1.29, 1.82) is 0 Å². The van der Waals surface area contributed by atoms with E-state index in [4.69, 9.17) is 5.73 Å². The molecule has 0 unspecified atom stereocenters. The molecule has 0 bridgehead atoms. The fourth-order valence-electron chi connectivity index (χ4n) is 2.48. The molecular weight excluding hydrogens is 228 g/mol. The van der Waals surface area contributed by atoms with Crippen LogP contribution in [0.25, 0.3) is 0 Å². The summed E-state index contributed by atoms with van der Waals surface area (Å²) in [5, 5.41) is 2.95. The van der Waals surface area contributed by atoms with Gasteiger partial charge in [-0.1, -0.05) is 19.3 Å². The lowest BCUT2D eigenvalue weighted by Crippen LogP contribution is -2.55. The molecule has 1 aromatic rings. The average Bonchev–Trinajstić information content (AvgIpc) is 2.88. The van der Waals surface area contributed by atoms with Crippen LogP contribution in [-0.2, 0) is 11.2 Å². The summed E-state index contributed by atoms with van der Waals surface area (Å²) in [6.45, 7) is 0.665. The molecule has 1 aliphatic rings. The molecule has 0 aromatic carbocycles. The van der Waals surface area contributed by atoms with Crippen LogP contribution in [0.2, 0.25) is 0 Å². The number of amides is 1. The fraction of sp³-hybridized carbons (Fsp3) is 0.692. The van der Waals surface area contributed by atoms with Gasteiger partial charge in [-0.25, -0.2) is 4.98 Å². The third kappa shape index (κ3) is 3.32. The van der Waals surface area contributed by atoms with Crippen LogP contribution in [0.15, 0.2) is 12.4 Å². The minimum absolute atomic E-state index is 0.0154. The van der Waals surface area contributed by atoms with Crippen molar-refractivity contribution in [2.45, 2.75) is 50.5 Å². The van der Waals surface area contributed by atoms with E-state index in [0.29, 0.717) is 6.54 Å². The molecule has 1 saturated carbocycles. The number of H-pyrrole nitrogens is 1. The van der Waals surface area contributed by atoms with Crippen LogP contribution in [-0.4, -0.2) is 28.0 Å². The number of aromatic nitrogens is 2. The first-order valence-corrected chi connectivity index (χ1v) is 6.76. The molecule has 1 aromatic heterocycles. The zero-order chi connectivity index (χ0) is 12.8. The number of hydrogen-bond acceptors (Lipinski definition) is 3. The molecule has 2 rings (SSSR count). The summed E-state index contributed by atoms with van der Waals surface area (Å²) in [6, 6.07) is 0. The van der Waals surface area contributed by atoms with Crippen molar-refractivity contribution in [3.8, 4) is 0 Å². The fourth-order valence-corrected chi connectivity index (χ4v) is 2.48. The van der Waals surface area contributed by atoms with Crippen LogP contribution < -0.4 is 11.1 Å². The second kappa shape index (κ2) is 6.00. The normalized spacial score (nSPS) is 18.5. The standard InChI is InChI=1S/C13H22N4O/c14-13(6-2-1-3-7-13)12(18)17-8-4-5-11-15-9-10-16-11/h9-10H,1-8,14H2,(H,15,16)(H,17,18). The number of nitrogens with zero attached hydrogens (tertiary/aromatic N) is 1. The van der Waals surface area contributed by atoms with Crippen molar-refractivity contribution >= 4 is 5.91 Å². The third-order valence-corrected chi connectivity index (χ3v) is 3.63. The van der Waals surface area contributed by atoms with Crippen molar-refractivity contribution in [2.75, 3.05) is 6.54 Å². The van der Waals surface area contributed by atoms with Gasteiger partial charge in [0, 0.05) is 25.4 Å². The smallest absolute Gasteiger partial charge is 0.240 e. The Labute approximate surface area is 108 Å². The number of imidazole rings is 1.